The van der Waals surface area contributed by atoms with E-state index in [0.717, 1.165) is 39.0 Å². The van der Waals surface area contributed by atoms with E-state index in [1.165, 1.54) is 0 Å². The molecule has 80 valence electrons. The second kappa shape index (κ2) is 11.8. The first kappa shape index (κ1) is 12.8. The molecule has 0 amide bonds. The monoisotopic (exact) mass is 189 g/mol. The fourth-order valence-electron chi connectivity index (χ4n) is 1.01. The molecule has 0 fully saturated rings. The number of hydrogen-bond acceptors (Lipinski definition) is 5. The predicted molar refractivity (Wildman–Crippen MR) is 56.2 cm³/mol. The van der Waals surface area contributed by atoms with Gasteiger partial charge in [0.05, 0.1) is 0 Å². The molecule has 7 N–H and O–H groups in total. The van der Waals surface area contributed by atoms with E-state index in [1.54, 1.807) is 0 Å². The van der Waals surface area contributed by atoms with Crippen LogP contribution in [-0.2, 0) is 0 Å². The molecule has 0 saturated carbocycles. The second-order valence-corrected chi connectivity index (χ2v) is 2.87. The van der Waals surface area contributed by atoms with Crippen LogP contribution in [0, 0.1) is 0 Å². The van der Waals surface area contributed by atoms with E-state index >= 15 is 0 Å². The molecule has 0 spiro atoms. The molecular weight excluding hydrogens is 166 g/mol. The zero-order chi connectivity index (χ0) is 9.78. The molecule has 13 heavy (non-hydrogen) atoms. The van der Waals surface area contributed by atoms with E-state index in [0.29, 0.717) is 13.3 Å². The van der Waals surface area contributed by atoms with Crippen molar-refractivity contribution in [1.29, 1.82) is 0 Å². The van der Waals surface area contributed by atoms with Crippen LogP contribution in [0.15, 0.2) is 0 Å². The van der Waals surface area contributed by atoms with E-state index in [9.17, 15) is 0 Å². The van der Waals surface area contributed by atoms with Crippen LogP contribution < -0.4 is 27.4 Å². The number of nitrogens with two attached hydrogens (primary N) is 2. The molecule has 0 unspecified atom stereocenters. The Morgan fingerprint density at radius 3 is 1.38 bits per heavy atom. The average Bonchev–Trinajstić information content (AvgIpc) is 2.16. The van der Waals surface area contributed by atoms with Crippen molar-refractivity contribution < 1.29 is 0 Å². The summed E-state index contributed by atoms with van der Waals surface area (Å²) in [6.07, 6.45) is 2.25. The molecule has 0 aromatic carbocycles. The Labute approximate surface area is 80.6 Å². The Hall–Kier alpha value is -0.200. The van der Waals surface area contributed by atoms with E-state index in [1.807, 2.05) is 0 Å². The lowest BCUT2D eigenvalue weighted by molar-refractivity contribution is 0.571. The molecule has 5 heteroatoms. The highest BCUT2D eigenvalue weighted by Crippen LogP contribution is 1.75. The molecule has 0 aromatic rings. The van der Waals surface area contributed by atoms with E-state index in [4.69, 9.17) is 11.5 Å². The van der Waals surface area contributed by atoms with Crippen molar-refractivity contribution in [3.63, 3.8) is 0 Å². The zero-order valence-corrected chi connectivity index (χ0v) is 8.31. The fraction of sp³-hybridized carbons (Fsp3) is 1.00. The smallest absolute Gasteiger partial charge is 0.0428 e. The van der Waals surface area contributed by atoms with Crippen molar-refractivity contribution in [2.75, 3.05) is 39.5 Å². The van der Waals surface area contributed by atoms with Gasteiger partial charge >= 0.3 is 0 Å². The third-order valence-corrected chi connectivity index (χ3v) is 1.70. The van der Waals surface area contributed by atoms with Crippen molar-refractivity contribution >= 4 is 0 Å². The summed E-state index contributed by atoms with van der Waals surface area (Å²) in [7, 11) is 0. The lowest BCUT2D eigenvalue weighted by atomic mass is 10.4. The summed E-state index contributed by atoms with van der Waals surface area (Å²) < 4.78 is 0. The molecule has 5 nitrogen and oxygen atoms in total. The molecule has 0 aliphatic heterocycles. The van der Waals surface area contributed by atoms with E-state index in [-0.39, 0.29) is 0 Å². The molecular formula is C8H23N5. The van der Waals surface area contributed by atoms with Gasteiger partial charge in [-0.2, -0.15) is 0 Å². The van der Waals surface area contributed by atoms with Crippen molar-refractivity contribution in [2.24, 2.45) is 11.5 Å². The van der Waals surface area contributed by atoms with E-state index < -0.39 is 0 Å². The van der Waals surface area contributed by atoms with Gasteiger partial charge in [0.15, 0.2) is 0 Å². The van der Waals surface area contributed by atoms with Gasteiger partial charge in [-0.25, -0.2) is 0 Å². The Kier molecular flexibility index (Phi) is 11.6. The summed E-state index contributed by atoms with van der Waals surface area (Å²) in [5.74, 6) is 0. The minimum absolute atomic E-state index is 0.570. The van der Waals surface area contributed by atoms with Gasteiger partial charge in [0.2, 0.25) is 0 Å². The van der Waals surface area contributed by atoms with Gasteiger partial charge < -0.3 is 27.4 Å². The maximum atomic E-state index is 5.27. The van der Waals surface area contributed by atoms with Crippen LogP contribution in [0.4, 0.5) is 0 Å². The van der Waals surface area contributed by atoms with Crippen molar-refractivity contribution in [1.82, 2.24) is 16.0 Å². The first-order valence-electron chi connectivity index (χ1n) is 4.94. The molecule has 0 rings (SSSR count). The molecule has 0 saturated heterocycles. The summed E-state index contributed by atoms with van der Waals surface area (Å²) >= 11 is 0. The minimum Gasteiger partial charge on any atom is -0.318 e. The number of nitrogens with one attached hydrogen (secondary N) is 3. The second-order valence-electron chi connectivity index (χ2n) is 2.87. The zero-order valence-electron chi connectivity index (χ0n) is 8.31. The minimum atomic E-state index is 0.570. The van der Waals surface area contributed by atoms with Crippen LogP contribution in [-0.4, -0.2) is 39.5 Å². The van der Waals surface area contributed by atoms with Crippen molar-refractivity contribution in [2.45, 2.75) is 12.8 Å². The summed E-state index contributed by atoms with van der Waals surface area (Å²) in [5.41, 5.74) is 10.5. The Morgan fingerprint density at radius 1 is 0.615 bits per heavy atom. The van der Waals surface area contributed by atoms with Gasteiger partial charge in [0, 0.05) is 13.3 Å². The molecule has 0 bridgehead atoms. The molecule has 0 aromatic heterocycles. The molecule has 0 radical (unpaired) electrons. The van der Waals surface area contributed by atoms with Gasteiger partial charge in [-0.1, -0.05) is 0 Å². The van der Waals surface area contributed by atoms with Gasteiger partial charge in [0.25, 0.3) is 0 Å². The van der Waals surface area contributed by atoms with Crippen LogP contribution in [0.25, 0.3) is 0 Å². The summed E-state index contributed by atoms with van der Waals surface area (Å²) in [5, 5.41) is 9.48. The van der Waals surface area contributed by atoms with Crippen molar-refractivity contribution in [3.8, 4) is 0 Å². The predicted octanol–water partition coefficient (Wildman–Crippen LogP) is -1.63. The van der Waals surface area contributed by atoms with Gasteiger partial charge in [-0.05, 0) is 39.0 Å². The maximum absolute atomic E-state index is 5.27. The summed E-state index contributed by atoms with van der Waals surface area (Å²) in [4.78, 5) is 0. The lowest BCUT2D eigenvalue weighted by Crippen LogP contribution is -2.28. The average molecular weight is 189 g/mol. The van der Waals surface area contributed by atoms with Gasteiger partial charge in [-0.3, -0.25) is 0 Å². The first-order chi connectivity index (χ1) is 6.41. The highest BCUT2D eigenvalue weighted by Gasteiger charge is 1.88. The standard InChI is InChI=1S/C8H23N5/c9-7-12-5-1-3-11-4-2-6-13-8-10/h11-13H,1-10H2. The molecule has 0 atom stereocenters. The first-order valence-corrected chi connectivity index (χ1v) is 4.94. The highest BCUT2D eigenvalue weighted by atomic mass is 15.0. The van der Waals surface area contributed by atoms with Gasteiger partial charge in [-0.15, -0.1) is 0 Å². The number of hydrogen-bond donors (Lipinski definition) is 5. The van der Waals surface area contributed by atoms with Crippen molar-refractivity contribution in [3.05, 3.63) is 0 Å². The topological polar surface area (TPSA) is 88.1 Å². The largest absolute Gasteiger partial charge is 0.318 e. The fourth-order valence-corrected chi connectivity index (χ4v) is 1.01. The van der Waals surface area contributed by atoms with Crippen LogP contribution in [0.3, 0.4) is 0 Å². The van der Waals surface area contributed by atoms with Crippen LogP contribution in [0.2, 0.25) is 0 Å². The van der Waals surface area contributed by atoms with Crippen LogP contribution in [0.5, 0.6) is 0 Å². The summed E-state index contributed by atoms with van der Waals surface area (Å²) in [6, 6.07) is 0. The number of rotatable bonds is 10. The molecule has 0 heterocycles. The Balaban J connectivity index is 2.76. The Morgan fingerprint density at radius 2 is 1.00 bits per heavy atom. The van der Waals surface area contributed by atoms with Crippen LogP contribution in [0.1, 0.15) is 12.8 Å². The highest BCUT2D eigenvalue weighted by molar-refractivity contribution is 4.52. The lowest BCUT2D eigenvalue weighted by Gasteiger charge is -2.05. The van der Waals surface area contributed by atoms with Crippen LogP contribution >= 0.6 is 0 Å². The van der Waals surface area contributed by atoms with E-state index in [2.05, 4.69) is 16.0 Å². The third-order valence-electron chi connectivity index (χ3n) is 1.70. The summed E-state index contributed by atoms with van der Waals surface area (Å²) in [6.45, 7) is 5.22. The quantitative estimate of drug-likeness (QED) is 0.210. The Bertz CT molecular complexity index is 78.6. The molecule has 0 aliphatic carbocycles. The SMILES string of the molecule is NCNCCCNCCCNCN. The maximum Gasteiger partial charge on any atom is 0.0428 e. The van der Waals surface area contributed by atoms with Gasteiger partial charge in [0.1, 0.15) is 0 Å². The normalized spacial score (nSPS) is 10.6. The third kappa shape index (κ3) is 11.8. The molecule has 0 aliphatic rings.